The molecule has 0 saturated carbocycles. The minimum absolute atomic E-state index is 0.00205. The number of carbonyl (C=O) groups is 2. The number of hydrogen-bond donors (Lipinski definition) is 1. The van der Waals surface area contributed by atoms with Crippen LogP contribution in [0.15, 0.2) is 54.6 Å². The maximum atomic E-state index is 13.0. The molecule has 2 aromatic carbocycles. The molecule has 2 amide bonds. The minimum atomic E-state index is -0.306. The lowest BCUT2D eigenvalue weighted by Gasteiger charge is -2.40. The Morgan fingerprint density at radius 3 is 2.57 bits per heavy atom. The summed E-state index contributed by atoms with van der Waals surface area (Å²) < 4.78 is 5.52. The number of para-hydroxylation sites is 1. The first kappa shape index (κ1) is 19.9. The van der Waals surface area contributed by atoms with Gasteiger partial charge in [0.25, 0.3) is 0 Å². The molecule has 5 heteroatoms. The molecule has 0 aliphatic carbocycles. The van der Waals surface area contributed by atoms with Crippen molar-refractivity contribution >= 4 is 11.8 Å². The predicted molar refractivity (Wildman–Crippen MR) is 109 cm³/mol. The van der Waals surface area contributed by atoms with Gasteiger partial charge in [0, 0.05) is 25.1 Å². The summed E-state index contributed by atoms with van der Waals surface area (Å²) >= 11 is 0. The van der Waals surface area contributed by atoms with Gasteiger partial charge in [-0.05, 0) is 31.4 Å². The van der Waals surface area contributed by atoms with Gasteiger partial charge in [0.05, 0.1) is 19.1 Å². The Hall–Kier alpha value is -2.82. The highest BCUT2D eigenvalue weighted by atomic mass is 16.5. The molecular weight excluding hydrogens is 352 g/mol. The Morgan fingerprint density at radius 1 is 1.14 bits per heavy atom. The molecule has 1 fully saturated rings. The summed E-state index contributed by atoms with van der Waals surface area (Å²) in [5, 5.41) is 3.08. The van der Waals surface area contributed by atoms with E-state index in [0.717, 1.165) is 12.0 Å². The molecule has 0 radical (unpaired) electrons. The van der Waals surface area contributed by atoms with Crippen LogP contribution >= 0.6 is 0 Å². The summed E-state index contributed by atoms with van der Waals surface area (Å²) in [6.07, 6.45) is 1.74. The van der Waals surface area contributed by atoms with Crippen LogP contribution in [0.25, 0.3) is 0 Å². The maximum absolute atomic E-state index is 13.0. The monoisotopic (exact) mass is 380 g/mol. The van der Waals surface area contributed by atoms with Crippen molar-refractivity contribution < 1.29 is 14.3 Å². The van der Waals surface area contributed by atoms with E-state index < -0.39 is 0 Å². The van der Waals surface area contributed by atoms with E-state index in [0.29, 0.717) is 31.7 Å². The SMILES string of the molecule is CCN1C(=O)CC[C@@H](C(=O)NCCc2ccccc2)[C@@H]1c1ccccc1OC. The van der Waals surface area contributed by atoms with Crippen molar-refractivity contribution in [2.24, 2.45) is 5.92 Å². The van der Waals surface area contributed by atoms with Gasteiger partial charge < -0.3 is 15.0 Å². The van der Waals surface area contributed by atoms with E-state index in [-0.39, 0.29) is 23.8 Å². The Balaban J connectivity index is 1.78. The number of nitrogens with one attached hydrogen (secondary N) is 1. The fraction of sp³-hybridized carbons (Fsp3) is 0.391. The van der Waals surface area contributed by atoms with Crippen LogP contribution in [0.3, 0.4) is 0 Å². The normalized spacial score (nSPS) is 19.4. The molecule has 0 aromatic heterocycles. The van der Waals surface area contributed by atoms with Crippen LogP contribution in [0.2, 0.25) is 0 Å². The van der Waals surface area contributed by atoms with Gasteiger partial charge in [0.15, 0.2) is 0 Å². The lowest BCUT2D eigenvalue weighted by molar-refractivity contribution is -0.143. The predicted octanol–water partition coefficient (Wildman–Crippen LogP) is 3.35. The van der Waals surface area contributed by atoms with Gasteiger partial charge in [-0.2, -0.15) is 0 Å². The molecule has 3 rings (SSSR count). The molecule has 1 aliphatic heterocycles. The van der Waals surface area contributed by atoms with Gasteiger partial charge in [0.1, 0.15) is 5.75 Å². The van der Waals surface area contributed by atoms with Crippen molar-refractivity contribution in [1.82, 2.24) is 10.2 Å². The largest absolute Gasteiger partial charge is 0.496 e. The molecule has 0 spiro atoms. The van der Waals surface area contributed by atoms with E-state index >= 15 is 0 Å². The number of amides is 2. The van der Waals surface area contributed by atoms with E-state index in [1.165, 1.54) is 5.56 Å². The highest BCUT2D eigenvalue weighted by Gasteiger charge is 2.40. The van der Waals surface area contributed by atoms with Crippen molar-refractivity contribution in [1.29, 1.82) is 0 Å². The van der Waals surface area contributed by atoms with Crippen molar-refractivity contribution in [2.45, 2.75) is 32.2 Å². The number of piperidine rings is 1. The van der Waals surface area contributed by atoms with Crippen LogP contribution in [0, 0.1) is 5.92 Å². The van der Waals surface area contributed by atoms with Crippen LogP contribution in [0.1, 0.15) is 36.9 Å². The second kappa shape index (κ2) is 9.40. The van der Waals surface area contributed by atoms with E-state index in [1.54, 1.807) is 7.11 Å². The fourth-order valence-electron chi connectivity index (χ4n) is 4.00. The number of carbonyl (C=O) groups excluding carboxylic acids is 2. The van der Waals surface area contributed by atoms with Gasteiger partial charge in [-0.3, -0.25) is 9.59 Å². The highest BCUT2D eigenvalue weighted by Crippen LogP contribution is 2.40. The number of hydrogen-bond acceptors (Lipinski definition) is 3. The van der Waals surface area contributed by atoms with E-state index in [1.807, 2.05) is 54.3 Å². The van der Waals surface area contributed by atoms with E-state index in [9.17, 15) is 9.59 Å². The summed E-state index contributed by atoms with van der Waals surface area (Å²) in [5.41, 5.74) is 2.08. The van der Waals surface area contributed by atoms with Gasteiger partial charge >= 0.3 is 0 Å². The van der Waals surface area contributed by atoms with Crippen LogP contribution < -0.4 is 10.1 Å². The smallest absolute Gasteiger partial charge is 0.225 e. The minimum Gasteiger partial charge on any atom is -0.496 e. The summed E-state index contributed by atoms with van der Waals surface area (Å²) in [6, 6.07) is 17.5. The van der Waals surface area contributed by atoms with Crippen LogP contribution in [0.5, 0.6) is 5.75 Å². The summed E-state index contributed by atoms with van der Waals surface area (Å²) in [4.78, 5) is 27.4. The van der Waals surface area contributed by atoms with Crippen molar-refractivity contribution in [3.05, 3.63) is 65.7 Å². The van der Waals surface area contributed by atoms with Crippen LogP contribution in [0.4, 0.5) is 0 Å². The lowest BCUT2D eigenvalue weighted by Crippen LogP contribution is -2.48. The van der Waals surface area contributed by atoms with Gasteiger partial charge in [-0.15, -0.1) is 0 Å². The Bertz CT molecular complexity index is 807. The topological polar surface area (TPSA) is 58.6 Å². The molecule has 5 nitrogen and oxygen atoms in total. The molecule has 0 bridgehead atoms. The molecule has 148 valence electrons. The van der Waals surface area contributed by atoms with Crippen LogP contribution in [-0.4, -0.2) is 36.9 Å². The van der Waals surface area contributed by atoms with Crippen molar-refractivity contribution in [2.75, 3.05) is 20.2 Å². The number of likely N-dealkylation sites (tertiary alicyclic amines) is 1. The first-order chi connectivity index (χ1) is 13.7. The third-order valence-electron chi connectivity index (χ3n) is 5.40. The van der Waals surface area contributed by atoms with Gasteiger partial charge in [0.2, 0.25) is 11.8 Å². The van der Waals surface area contributed by atoms with E-state index in [2.05, 4.69) is 17.4 Å². The first-order valence-electron chi connectivity index (χ1n) is 9.89. The number of benzene rings is 2. The average Bonchev–Trinajstić information content (AvgIpc) is 2.74. The zero-order valence-electron chi connectivity index (χ0n) is 16.6. The molecule has 2 atom stereocenters. The number of ether oxygens (including phenoxy) is 1. The second-order valence-electron chi connectivity index (χ2n) is 7.04. The number of rotatable bonds is 7. The second-order valence-corrected chi connectivity index (χ2v) is 7.04. The van der Waals surface area contributed by atoms with Gasteiger partial charge in [-0.1, -0.05) is 48.5 Å². The quantitative estimate of drug-likeness (QED) is 0.801. The molecular formula is C23H28N2O3. The van der Waals surface area contributed by atoms with E-state index in [4.69, 9.17) is 4.74 Å². The van der Waals surface area contributed by atoms with Crippen molar-refractivity contribution in [3.63, 3.8) is 0 Å². The standard InChI is InChI=1S/C23H28N2O3/c1-3-25-21(26)14-13-19(22(25)18-11-7-8-12-20(18)28-2)23(27)24-16-15-17-9-5-4-6-10-17/h4-12,19,22H,3,13-16H2,1-2H3,(H,24,27)/t19-,22+/m1/s1. The van der Waals surface area contributed by atoms with Gasteiger partial charge in [-0.25, -0.2) is 0 Å². The molecule has 1 saturated heterocycles. The fourth-order valence-corrected chi connectivity index (χ4v) is 4.00. The van der Waals surface area contributed by atoms with Crippen LogP contribution in [-0.2, 0) is 16.0 Å². The zero-order valence-corrected chi connectivity index (χ0v) is 16.6. The number of methoxy groups -OCH3 is 1. The Kier molecular flexibility index (Phi) is 6.69. The molecule has 1 N–H and O–H groups in total. The third kappa shape index (κ3) is 4.35. The zero-order chi connectivity index (χ0) is 19.9. The summed E-state index contributed by atoms with van der Waals surface area (Å²) in [6.45, 7) is 3.10. The molecule has 0 unspecified atom stereocenters. The third-order valence-corrected chi connectivity index (χ3v) is 5.40. The molecule has 28 heavy (non-hydrogen) atoms. The average molecular weight is 380 g/mol. The lowest BCUT2D eigenvalue weighted by atomic mass is 9.83. The maximum Gasteiger partial charge on any atom is 0.225 e. The van der Waals surface area contributed by atoms with Crippen molar-refractivity contribution in [3.8, 4) is 5.75 Å². The first-order valence-corrected chi connectivity index (χ1v) is 9.89. The Morgan fingerprint density at radius 2 is 1.86 bits per heavy atom. The summed E-state index contributed by atoms with van der Waals surface area (Å²) in [7, 11) is 1.62. The highest BCUT2D eigenvalue weighted by molar-refractivity contribution is 5.85. The summed E-state index contributed by atoms with van der Waals surface area (Å²) in [5.74, 6) is 0.511. The number of nitrogens with zero attached hydrogens (tertiary/aromatic N) is 1. The molecule has 2 aromatic rings. The molecule has 1 aliphatic rings. The Labute approximate surface area is 166 Å². The molecule has 1 heterocycles.